The first-order chi connectivity index (χ1) is 12.0. The first-order valence-corrected chi connectivity index (χ1v) is 9.26. The van der Waals surface area contributed by atoms with Gasteiger partial charge in [-0.05, 0) is 66.6 Å². The molecule has 1 N–H and O–H groups in total. The minimum absolute atomic E-state index is 0.352. The van der Waals surface area contributed by atoms with Crippen molar-refractivity contribution in [3.8, 4) is 11.4 Å². The second-order valence-corrected chi connectivity index (χ2v) is 7.53. The minimum atomic E-state index is 0.352. The van der Waals surface area contributed by atoms with Crippen LogP contribution in [0.15, 0.2) is 18.5 Å². The number of hydrogen-bond acceptors (Lipinski definition) is 5. The largest absolute Gasteiger partial charge is 0.351 e. The maximum absolute atomic E-state index is 4.75. The van der Waals surface area contributed by atoms with Gasteiger partial charge in [0, 0.05) is 24.3 Å². The Labute approximate surface area is 150 Å². The molecule has 0 radical (unpaired) electrons. The molecule has 1 aliphatic rings. The smallest absolute Gasteiger partial charge is 0.223 e. The number of hydrogen-bond donors (Lipinski definition) is 1. The Balaban J connectivity index is 1.73. The average Bonchev–Trinajstić information content (AvgIpc) is 2.97. The zero-order valence-corrected chi connectivity index (χ0v) is 16.0. The van der Waals surface area contributed by atoms with Gasteiger partial charge in [0.1, 0.15) is 5.82 Å². The van der Waals surface area contributed by atoms with Gasteiger partial charge < -0.3 is 14.8 Å². The Kier molecular flexibility index (Phi) is 5.37. The Morgan fingerprint density at radius 3 is 2.52 bits per heavy atom. The fourth-order valence-corrected chi connectivity index (χ4v) is 3.78. The molecule has 0 unspecified atom stereocenters. The van der Waals surface area contributed by atoms with Gasteiger partial charge in [0.15, 0.2) is 0 Å². The van der Waals surface area contributed by atoms with E-state index in [4.69, 9.17) is 4.98 Å². The monoisotopic (exact) mass is 342 g/mol. The van der Waals surface area contributed by atoms with Crippen molar-refractivity contribution in [2.24, 2.45) is 0 Å². The number of aromatic nitrogens is 4. The van der Waals surface area contributed by atoms with Crippen LogP contribution in [-0.4, -0.2) is 50.6 Å². The van der Waals surface area contributed by atoms with Crippen LogP contribution in [-0.2, 0) is 0 Å². The number of imidazole rings is 1. The normalized spacial score (nSPS) is 21.1. The highest BCUT2D eigenvalue weighted by Gasteiger charge is 2.23. The van der Waals surface area contributed by atoms with E-state index in [0.29, 0.717) is 18.1 Å². The molecule has 136 valence electrons. The fraction of sp³-hybridized carbons (Fsp3) is 0.632. The summed E-state index contributed by atoms with van der Waals surface area (Å²) in [6.07, 6.45) is 8.53. The molecule has 25 heavy (non-hydrogen) atoms. The third-order valence-electron chi connectivity index (χ3n) is 5.18. The van der Waals surface area contributed by atoms with E-state index in [9.17, 15) is 0 Å². The summed E-state index contributed by atoms with van der Waals surface area (Å²) in [5.41, 5.74) is 1.98. The summed E-state index contributed by atoms with van der Waals surface area (Å²) in [4.78, 5) is 16.0. The van der Waals surface area contributed by atoms with E-state index in [0.717, 1.165) is 23.2 Å². The molecule has 1 fully saturated rings. The van der Waals surface area contributed by atoms with Gasteiger partial charge >= 0.3 is 0 Å². The molecule has 0 spiro atoms. The summed E-state index contributed by atoms with van der Waals surface area (Å²) in [6.45, 7) is 6.37. The zero-order valence-electron chi connectivity index (χ0n) is 16.0. The zero-order chi connectivity index (χ0) is 18.0. The van der Waals surface area contributed by atoms with Crippen LogP contribution in [0, 0.1) is 6.92 Å². The van der Waals surface area contributed by atoms with Crippen molar-refractivity contribution in [2.45, 2.75) is 64.6 Å². The van der Waals surface area contributed by atoms with Crippen molar-refractivity contribution in [2.75, 3.05) is 19.4 Å². The highest BCUT2D eigenvalue weighted by molar-refractivity contribution is 5.56. The Hall–Kier alpha value is -1.95. The summed E-state index contributed by atoms with van der Waals surface area (Å²) < 4.78 is 2.22. The van der Waals surface area contributed by atoms with Crippen molar-refractivity contribution in [3.63, 3.8) is 0 Å². The summed E-state index contributed by atoms with van der Waals surface area (Å²) in [7, 11) is 4.34. The lowest BCUT2D eigenvalue weighted by Crippen LogP contribution is -2.36. The van der Waals surface area contributed by atoms with Gasteiger partial charge in [0.05, 0.1) is 17.6 Å². The lowest BCUT2D eigenvalue weighted by Gasteiger charge is -2.32. The topological polar surface area (TPSA) is 58.9 Å². The molecule has 2 aromatic heterocycles. The molecule has 1 saturated carbocycles. The highest BCUT2D eigenvalue weighted by Crippen LogP contribution is 2.26. The molecule has 6 heteroatoms. The summed E-state index contributed by atoms with van der Waals surface area (Å²) in [5.74, 6) is 1.74. The standard InChI is InChI=1S/C19H30N6/c1-13(2)25-14(3)21-12-18(25)17-10-11-20-19(23-17)22-15-6-8-16(9-7-15)24(4)5/h10-13,15-16H,6-9H2,1-5H3,(H,20,22,23). The van der Waals surface area contributed by atoms with Crippen molar-refractivity contribution in [1.29, 1.82) is 0 Å². The van der Waals surface area contributed by atoms with Crippen LogP contribution in [0.1, 0.15) is 51.4 Å². The number of aryl methyl sites for hydroxylation is 1. The van der Waals surface area contributed by atoms with E-state index in [1.54, 1.807) is 0 Å². The molecule has 3 rings (SSSR count). The highest BCUT2D eigenvalue weighted by atomic mass is 15.2. The molecule has 1 aliphatic carbocycles. The molecular formula is C19H30N6. The van der Waals surface area contributed by atoms with Gasteiger partial charge in [-0.3, -0.25) is 0 Å². The third kappa shape index (κ3) is 4.00. The van der Waals surface area contributed by atoms with E-state index in [-0.39, 0.29) is 0 Å². The van der Waals surface area contributed by atoms with Crippen LogP contribution in [0.2, 0.25) is 0 Å². The van der Waals surface area contributed by atoms with E-state index >= 15 is 0 Å². The number of nitrogens with zero attached hydrogens (tertiary/aromatic N) is 5. The van der Waals surface area contributed by atoms with Gasteiger partial charge in [-0.15, -0.1) is 0 Å². The van der Waals surface area contributed by atoms with Crippen molar-refractivity contribution >= 4 is 5.95 Å². The summed E-state index contributed by atoms with van der Waals surface area (Å²) in [5, 5.41) is 3.54. The predicted molar refractivity (Wildman–Crippen MR) is 102 cm³/mol. The average molecular weight is 342 g/mol. The van der Waals surface area contributed by atoms with Gasteiger partial charge in [0.2, 0.25) is 5.95 Å². The fourth-order valence-electron chi connectivity index (χ4n) is 3.78. The van der Waals surface area contributed by atoms with E-state index in [1.165, 1.54) is 25.7 Å². The van der Waals surface area contributed by atoms with Crippen LogP contribution in [0.5, 0.6) is 0 Å². The van der Waals surface area contributed by atoms with Gasteiger partial charge in [-0.1, -0.05) is 0 Å². The number of rotatable bonds is 5. The molecule has 0 atom stereocenters. The number of anilines is 1. The molecular weight excluding hydrogens is 312 g/mol. The summed E-state index contributed by atoms with van der Waals surface area (Å²) >= 11 is 0. The third-order valence-corrected chi connectivity index (χ3v) is 5.18. The van der Waals surface area contributed by atoms with Crippen LogP contribution < -0.4 is 5.32 Å². The van der Waals surface area contributed by atoms with Crippen molar-refractivity contribution < 1.29 is 0 Å². The van der Waals surface area contributed by atoms with Crippen LogP contribution in [0.3, 0.4) is 0 Å². The molecule has 0 saturated heterocycles. The van der Waals surface area contributed by atoms with E-state index in [2.05, 4.69) is 52.7 Å². The van der Waals surface area contributed by atoms with Crippen molar-refractivity contribution in [3.05, 3.63) is 24.3 Å². The van der Waals surface area contributed by atoms with Crippen LogP contribution >= 0.6 is 0 Å². The minimum Gasteiger partial charge on any atom is -0.351 e. The number of nitrogens with one attached hydrogen (secondary N) is 1. The molecule has 0 aliphatic heterocycles. The van der Waals surface area contributed by atoms with Crippen LogP contribution in [0.25, 0.3) is 11.4 Å². The first kappa shape index (κ1) is 17.9. The second-order valence-electron chi connectivity index (χ2n) is 7.53. The Morgan fingerprint density at radius 2 is 1.88 bits per heavy atom. The Bertz CT molecular complexity index is 698. The van der Waals surface area contributed by atoms with Gasteiger partial charge in [-0.2, -0.15) is 0 Å². The molecule has 0 amide bonds. The maximum atomic E-state index is 4.75. The molecule has 0 bridgehead atoms. The van der Waals surface area contributed by atoms with E-state index in [1.807, 2.05) is 25.4 Å². The first-order valence-electron chi connectivity index (χ1n) is 9.26. The SMILES string of the molecule is Cc1ncc(-c2ccnc(NC3CCC(N(C)C)CC3)n2)n1C(C)C. The van der Waals surface area contributed by atoms with E-state index < -0.39 is 0 Å². The quantitative estimate of drug-likeness (QED) is 0.901. The van der Waals surface area contributed by atoms with Gasteiger partial charge in [0.25, 0.3) is 0 Å². The predicted octanol–water partition coefficient (Wildman–Crippen LogP) is 3.51. The lowest BCUT2D eigenvalue weighted by atomic mass is 9.91. The Morgan fingerprint density at radius 1 is 1.16 bits per heavy atom. The maximum Gasteiger partial charge on any atom is 0.223 e. The van der Waals surface area contributed by atoms with Crippen molar-refractivity contribution in [1.82, 2.24) is 24.4 Å². The second kappa shape index (κ2) is 7.52. The molecule has 6 nitrogen and oxygen atoms in total. The lowest BCUT2D eigenvalue weighted by molar-refractivity contribution is 0.221. The van der Waals surface area contributed by atoms with Gasteiger partial charge in [-0.25, -0.2) is 15.0 Å². The molecule has 2 aromatic rings. The molecule has 0 aromatic carbocycles. The summed E-state index contributed by atoms with van der Waals surface area (Å²) in [6, 6.07) is 3.48. The molecule has 2 heterocycles. The van der Waals surface area contributed by atoms with Crippen LogP contribution in [0.4, 0.5) is 5.95 Å².